The first-order chi connectivity index (χ1) is 8.19. The highest BCUT2D eigenvalue weighted by Gasteiger charge is 2.17. The topological polar surface area (TPSA) is 93.5 Å². The number of alkyl carbamates (subject to hydrolysis) is 1. The zero-order valence-corrected chi connectivity index (χ0v) is 10.9. The summed E-state index contributed by atoms with van der Waals surface area (Å²) in [5, 5.41) is 15.3. The summed E-state index contributed by atoms with van der Waals surface area (Å²) < 4.78 is 6.29. The van der Waals surface area contributed by atoms with E-state index in [1.807, 2.05) is 0 Å². The first-order valence-corrected chi connectivity index (χ1v) is 5.42. The highest BCUT2D eigenvalue weighted by Crippen LogP contribution is 2.07. The predicted molar refractivity (Wildman–Crippen MR) is 63.2 cm³/mol. The lowest BCUT2D eigenvalue weighted by atomic mass is 10.2. The number of carbonyl (C=O) groups is 2. The first-order valence-electron chi connectivity index (χ1n) is 5.42. The monoisotopic (exact) mass is 255 g/mol. The second kappa shape index (κ2) is 5.07. The lowest BCUT2D eigenvalue weighted by Crippen LogP contribution is -2.32. The molecule has 1 rings (SSSR count). The molecule has 0 spiro atoms. The van der Waals surface area contributed by atoms with Crippen molar-refractivity contribution in [1.82, 2.24) is 15.1 Å². The van der Waals surface area contributed by atoms with Crippen molar-refractivity contribution in [2.45, 2.75) is 32.9 Å². The molecule has 7 heteroatoms. The maximum atomic E-state index is 11.4. The third-order valence-electron chi connectivity index (χ3n) is 1.96. The van der Waals surface area contributed by atoms with Gasteiger partial charge in [-0.3, -0.25) is 4.68 Å². The number of hydrogen-bond donors (Lipinski definition) is 2. The Kier molecular flexibility index (Phi) is 3.95. The van der Waals surface area contributed by atoms with Crippen LogP contribution in [0.4, 0.5) is 4.79 Å². The van der Waals surface area contributed by atoms with Gasteiger partial charge in [-0.1, -0.05) is 0 Å². The number of rotatable bonds is 3. The van der Waals surface area contributed by atoms with E-state index in [-0.39, 0.29) is 12.2 Å². The van der Waals surface area contributed by atoms with E-state index in [1.165, 1.54) is 17.8 Å². The SMILES string of the molecule is Cn1nc(CNC(=O)OC(C)(C)C)cc1C(=O)O. The van der Waals surface area contributed by atoms with Gasteiger partial charge >= 0.3 is 12.1 Å². The Labute approximate surface area is 105 Å². The van der Waals surface area contributed by atoms with E-state index >= 15 is 0 Å². The fourth-order valence-corrected chi connectivity index (χ4v) is 1.29. The summed E-state index contributed by atoms with van der Waals surface area (Å²) >= 11 is 0. The van der Waals surface area contributed by atoms with Crippen molar-refractivity contribution < 1.29 is 19.4 Å². The quantitative estimate of drug-likeness (QED) is 0.844. The van der Waals surface area contributed by atoms with Crippen LogP contribution in [0.1, 0.15) is 37.0 Å². The molecule has 0 atom stereocenters. The highest BCUT2D eigenvalue weighted by molar-refractivity contribution is 5.85. The van der Waals surface area contributed by atoms with Crippen molar-refractivity contribution in [2.24, 2.45) is 7.05 Å². The molecule has 1 aromatic rings. The van der Waals surface area contributed by atoms with Gasteiger partial charge in [-0.25, -0.2) is 9.59 Å². The van der Waals surface area contributed by atoms with Gasteiger partial charge < -0.3 is 15.2 Å². The highest BCUT2D eigenvalue weighted by atomic mass is 16.6. The second-order valence-electron chi connectivity index (χ2n) is 4.81. The predicted octanol–water partition coefficient (Wildman–Crippen LogP) is 1.14. The fraction of sp³-hybridized carbons (Fsp3) is 0.545. The molecular weight excluding hydrogens is 238 g/mol. The molecule has 7 nitrogen and oxygen atoms in total. The van der Waals surface area contributed by atoms with Crippen LogP contribution >= 0.6 is 0 Å². The average molecular weight is 255 g/mol. The standard InChI is InChI=1S/C11H17N3O4/c1-11(2,3)18-10(17)12-6-7-5-8(9(15)16)14(4)13-7/h5H,6H2,1-4H3,(H,12,17)(H,15,16). The molecule has 18 heavy (non-hydrogen) atoms. The van der Waals surface area contributed by atoms with Gasteiger partial charge in [0, 0.05) is 7.05 Å². The largest absolute Gasteiger partial charge is 0.477 e. The third-order valence-corrected chi connectivity index (χ3v) is 1.96. The van der Waals surface area contributed by atoms with Crippen molar-refractivity contribution in [1.29, 1.82) is 0 Å². The minimum Gasteiger partial charge on any atom is -0.477 e. The number of ether oxygens (including phenoxy) is 1. The normalized spacial score (nSPS) is 11.1. The smallest absolute Gasteiger partial charge is 0.407 e. The van der Waals surface area contributed by atoms with E-state index in [9.17, 15) is 9.59 Å². The molecule has 1 aromatic heterocycles. The maximum absolute atomic E-state index is 11.4. The van der Waals surface area contributed by atoms with Gasteiger partial charge in [0.25, 0.3) is 0 Å². The lowest BCUT2D eigenvalue weighted by Gasteiger charge is -2.19. The van der Waals surface area contributed by atoms with E-state index in [4.69, 9.17) is 9.84 Å². The summed E-state index contributed by atoms with van der Waals surface area (Å²) in [5.74, 6) is -1.06. The number of carboxylic acids is 1. The van der Waals surface area contributed by atoms with Gasteiger partial charge in [0.15, 0.2) is 0 Å². The summed E-state index contributed by atoms with van der Waals surface area (Å²) in [6, 6.07) is 1.40. The molecule has 100 valence electrons. The van der Waals surface area contributed by atoms with E-state index in [0.717, 1.165) is 0 Å². The van der Waals surface area contributed by atoms with Gasteiger partial charge in [0.05, 0.1) is 12.2 Å². The van der Waals surface area contributed by atoms with Crippen LogP contribution in [0, 0.1) is 0 Å². The molecule has 2 N–H and O–H groups in total. The Morgan fingerprint density at radius 2 is 2.11 bits per heavy atom. The third kappa shape index (κ3) is 4.08. The summed E-state index contributed by atoms with van der Waals surface area (Å²) in [5.41, 5.74) is -0.0443. The van der Waals surface area contributed by atoms with Crippen molar-refractivity contribution in [3.05, 3.63) is 17.5 Å². The van der Waals surface area contributed by atoms with Gasteiger partial charge in [-0.15, -0.1) is 0 Å². The molecule has 0 aromatic carbocycles. The van der Waals surface area contributed by atoms with Crippen LogP contribution in [0.2, 0.25) is 0 Å². The van der Waals surface area contributed by atoms with Gasteiger partial charge in [0.1, 0.15) is 11.3 Å². The molecule has 0 aliphatic heterocycles. The first kappa shape index (κ1) is 14.0. The van der Waals surface area contributed by atoms with Crippen LogP contribution in [0.15, 0.2) is 6.07 Å². The van der Waals surface area contributed by atoms with Crippen LogP contribution in [0.25, 0.3) is 0 Å². The fourth-order valence-electron chi connectivity index (χ4n) is 1.29. The Bertz CT molecular complexity index is 459. The minimum atomic E-state index is -1.06. The molecule has 1 heterocycles. The van der Waals surface area contributed by atoms with Crippen LogP contribution in [0.3, 0.4) is 0 Å². The molecule has 0 unspecified atom stereocenters. The number of aromatic nitrogens is 2. The van der Waals surface area contributed by atoms with Crippen LogP contribution in [0.5, 0.6) is 0 Å². The summed E-state index contributed by atoms with van der Waals surface area (Å²) in [6.45, 7) is 5.40. The molecule has 0 saturated heterocycles. The lowest BCUT2D eigenvalue weighted by molar-refractivity contribution is 0.0522. The Morgan fingerprint density at radius 1 is 1.50 bits per heavy atom. The van der Waals surface area contributed by atoms with Crippen molar-refractivity contribution in [2.75, 3.05) is 0 Å². The van der Waals surface area contributed by atoms with Crippen LogP contribution < -0.4 is 5.32 Å². The maximum Gasteiger partial charge on any atom is 0.407 e. The number of carboxylic acid groups (broad SMARTS) is 1. The molecule has 0 bridgehead atoms. The Morgan fingerprint density at radius 3 is 2.56 bits per heavy atom. The van der Waals surface area contributed by atoms with Crippen molar-refractivity contribution >= 4 is 12.1 Å². The number of aryl methyl sites for hydroxylation is 1. The zero-order valence-electron chi connectivity index (χ0n) is 10.9. The number of carbonyl (C=O) groups excluding carboxylic acids is 1. The van der Waals surface area contributed by atoms with Crippen LogP contribution in [-0.2, 0) is 18.3 Å². The number of amides is 1. The molecule has 0 aliphatic carbocycles. The summed E-state index contributed by atoms with van der Waals surface area (Å²) in [4.78, 5) is 22.2. The molecule has 0 aliphatic rings. The molecule has 0 radical (unpaired) electrons. The minimum absolute atomic E-state index is 0.0657. The van der Waals surface area contributed by atoms with E-state index < -0.39 is 17.7 Å². The Balaban J connectivity index is 2.57. The van der Waals surface area contributed by atoms with Gasteiger partial charge in [0.2, 0.25) is 0 Å². The number of nitrogens with one attached hydrogen (secondary N) is 1. The Hall–Kier alpha value is -2.05. The van der Waals surface area contributed by atoms with Gasteiger partial charge in [-0.2, -0.15) is 5.10 Å². The van der Waals surface area contributed by atoms with Gasteiger partial charge in [-0.05, 0) is 26.8 Å². The van der Waals surface area contributed by atoms with E-state index in [1.54, 1.807) is 20.8 Å². The summed E-state index contributed by atoms with van der Waals surface area (Å²) in [7, 11) is 1.53. The molecule has 1 amide bonds. The van der Waals surface area contributed by atoms with Crippen molar-refractivity contribution in [3.63, 3.8) is 0 Å². The molecule has 0 fully saturated rings. The van der Waals surface area contributed by atoms with E-state index in [0.29, 0.717) is 5.69 Å². The number of nitrogens with zero attached hydrogens (tertiary/aromatic N) is 2. The van der Waals surface area contributed by atoms with Crippen LogP contribution in [-0.4, -0.2) is 32.6 Å². The average Bonchev–Trinajstić information content (AvgIpc) is 2.54. The van der Waals surface area contributed by atoms with E-state index in [2.05, 4.69) is 10.4 Å². The molecule has 0 saturated carbocycles. The molecular formula is C11H17N3O4. The van der Waals surface area contributed by atoms with Crippen molar-refractivity contribution in [3.8, 4) is 0 Å². The number of aromatic carboxylic acids is 1. The second-order valence-corrected chi connectivity index (χ2v) is 4.81. The summed E-state index contributed by atoms with van der Waals surface area (Å²) in [6.07, 6.45) is -0.565. The zero-order chi connectivity index (χ0) is 13.9. The number of hydrogen-bond acceptors (Lipinski definition) is 4.